The lowest BCUT2D eigenvalue weighted by Crippen LogP contribution is -2.51. The zero-order valence-corrected chi connectivity index (χ0v) is 11.3. The molecule has 0 amide bonds. The van der Waals surface area contributed by atoms with E-state index in [4.69, 9.17) is 16.3 Å². The molecule has 7 heteroatoms. The van der Waals surface area contributed by atoms with Crippen LogP contribution in [0.1, 0.15) is 13.8 Å². The Hall–Kier alpha value is 0.120. The third-order valence-electron chi connectivity index (χ3n) is 2.47. The van der Waals surface area contributed by atoms with Crippen molar-refractivity contribution in [1.82, 2.24) is 8.61 Å². The predicted molar refractivity (Wildman–Crippen MR) is 63.9 cm³/mol. The van der Waals surface area contributed by atoms with Crippen molar-refractivity contribution in [3.63, 3.8) is 0 Å². The summed E-state index contributed by atoms with van der Waals surface area (Å²) in [6.07, 6.45) is 0. The van der Waals surface area contributed by atoms with Crippen molar-refractivity contribution in [2.75, 3.05) is 38.7 Å². The lowest BCUT2D eigenvalue weighted by atomic mass is 10.4. The van der Waals surface area contributed by atoms with Crippen LogP contribution in [-0.4, -0.2) is 61.8 Å². The fraction of sp³-hybridized carbons (Fsp3) is 1.00. The average Bonchev–Trinajstić information content (AvgIpc) is 2.26. The van der Waals surface area contributed by atoms with Crippen LogP contribution in [0.3, 0.4) is 0 Å². The average molecular weight is 271 g/mol. The highest BCUT2D eigenvalue weighted by Gasteiger charge is 2.32. The first-order chi connectivity index (χ1) is 7.50. The van der Waals surface area contributed by atoms with Crippen LogP contribution < -0.4 is 0 Å². The van der Waals surface area contributed by atoms with Gasteiger partial charge in [0.2, 0.25) is 0 Å². The van der Waals surface area contributed by atoms with Crippen LogP contribution >= 0.6 is 11.6 Å². The molecule has 0 aromatic carbocycles. The largest absolute Gasteiger partial charge is 0.379 e. The van der Waals surface area contributed by atoms with E-state index >= 15 is 0 Å². The minimum Gasteiger partial charge on any atom is -0.379 e. The summed E-state index contributed by atoms with van der Waals surface area (Å²) in [7, 11) is -3.38. The first-order valence-electron chi connectivity index (χ1n) is 5.40. The number of nitrogens with zero attached hydrogens (tertiary/aromatic N) is 2. The molecule has 96 valence electrons. The van der Waals surface area contributed by atoms with Crippen molar-refractivity contribution in [2.24, 2.45) is 0 Å². The van der Waals surface area contributed by atoms with Gasteiger partial charge in [-0.3, -0.25) is 0 Å². The summed E-state index contributed by atoms with van der Waals surface area (Å²) in [5.74, 6) is 0.307. The van der Waals surface area contributed by atoms with Gasteiger partial charge in [-0.2, -0.15) is 17.0 Å². The van der Waals surface area contributed by atoms with Gasteiger partial charge in [-0.1, -0.05) is 0 Å². The molecule has 0 atom stereocenters. The van der Waals surface area contributed by atoms with E-state index in [1.807, 2.05) is 13.8 Å². The number of hydrogen-bond donors (Lipinski definition) is 0. The Morgan fingerprint density at radius 3 is 2.38 bits per heavy atom. The van der Waals surface area contributed by atoms with E-state index in [0.717, 1.165) is 0 Å². The van der Waals surface area contributed by atoms with Crippen LogP contribution in [0, 0.1) is 0 Å². The van der Waals surface area contributed by atoms with Gasteiger partial charge in [0.25, 0.3) is 10.2 Å². The van der Waals surface area contributed by atoms with E-state index in [2.05, 4.69) is 0 Å². The van der Waals surface area contributed by atoms with Gasteiger partial charge >= 0.3 is 0 Å². The predicted octanol–water partition coefficient (Wildman–Crippen LogP) is 0.513. The van der Waals surface area contributed by atoms with Crippen molar-refractivity contribution in [3.8, 4) is 0 Å². The van der Waals surface area contributed by atoms with E-state index in [9.17, 15) is 8.42 Å². The summed E-state index contributed by atoms with van der Waals surface area (Å²) in [6.45, 7) is 5.83. The Bertz CT molecular complexity index is 302. The third-order valence-corrected chi connectivity index (χ3v) is 4.86. The number of halogens is 1. The molecule has 0 spiro atoms. The highest BCUT2D eigenvalue weighted by atomic mass is 35.5. The molecule has 1 saturated heterocycles. The zero-order valence-electron chi connectivity index (χ0n) is 9.73. The molecule has 1 aliphatic heterocycles. The second kappa shape index (κ2) is 6.16. The summed E-state index contributed by atoms with van der Waals surface area (Å²) in [5.41, 5.74) is 0. The lowest BCUT2D eigenvalue weighted by molar-refractivity contribution is 0.0696. The fourth-order valence-electron chi connectivity index (χ4n) is 1.65. The molecule has 0 N–H and O–H groups in total. The Morgan fingerprint density at radius 1 is 1.38 bits per heavy atom. The lowest BCUT2D eigenvalue weighted by Gasteiger charge is -2.33. The van der Waals surface area contributed by atoms with Gasteiger partial charge < -0.3 is 4.74 Å². The number of rotatable bonds is 5. The van der Waals surface area contributed by atoms with Crippen LogP contribution in [0.2, 0.25) is 0 Å². The molecule has 0 radical (unpaired) electrons. The SMILES string of the molecule is CC(C)N(CCCl)S(=O)(=O)N1CCOCC1. The maximum absolute atomic E-state index is 12.3. The highest BCUT2D eigenvalue weighted by Crippen LogP contribution is 2.14. The normalized spacial score (nSPS) is 19.6. The number of ether oxygens (including phenoxy) is 1. The first-order valence-corrected chi connectivity index (χ1v) is 7.34. The standard InChI is InChI=1S/C9H19ClN2O3S/c1-9(2)12(4-3-10)16(13,14)11-5-7-15-8-6-11/h9H,3-8H2,1-2H3. The number of hydrogen-bond acceptors (Lipinski definition) is 3. The highest BCUT2D eigenvalue weighted by molar-refractivity contribution is 7.86. The fourth-order valence-corrected chi connectivity index (χ4v) is 3.69. The minimum absolute atomic E-state index is 0.0772. The monoisotopic (exact) mass is 270 g/mol. The smallest absolute Gasteiger partial charge is 0.282 e. The third kappa shape index (κ3) is 3.30. The van der Waals surface area contributed by atoms with E-state index < -0.39 is 10.2 Å². The Kier molecular flexibility index (Phi) is 5.46. The Balaban J connectivity index is 2.79. The van der Waals surface area contributed by atoms with Gasteiger partial charge in [-0.25, -0.2) is 0 Å². The van der Waals surface area contributed by atoms with E-state index in [0.29, 0.717) is 38.7 Å². The van der Waals surface area contributed by atoms with Crippen LogP contribution in [0.25, 0.3) is 0 Å². The van der Waals surface area contributed by atoms with Crippen LogP contribution in [-0.2, 0) is 14.9 Å². The van der Waals surface area contributed by atoms with E-state index in [-0.39, 0.29) is 6.04 Å². The van der Waals surface area contributed by atoms with Crippen LogP contribution in [0.4, 0.5) is 0 Å². The van der Waals surface area contributed by atoms with Crippen molar-refractivity contribution in [3.05, 3.63) is 0 Å². The molecule has 5 nitrogen and oxygen atoms in total. The first kappa shape index (κ1) is 14.2. The summed E-state index contributed by atoms with van der Waals surface area (Å²) >= 11 is 5.64. The molecule has 1 rings (SSSR count). The second-order valence-corrected chi connectivity index (χ2v) is 6.17. The Morgan fingerprint density at radius 2 is 1.94 bits per heavy atom. The maximum atomic E-state index is 12.3. The van der Waals surface area contributed by atoms with Crippen LogP contribution in [0.15, 0.2) is 0 Å². The molecule has 1 fully saturated rings. The van der Waals surface area contributed by atoms with E-state index in [1.165, 1.54) is 8.61 Å². The van der Waals surface area contributed by atoms with Crippen molar-refractivity contribution in [1.29, 1.82) is 0 Å². The second-order valence-electron chi connectivity index (χ2n) is 3.91. The van der Waals surface area contributed by atoms with Gasteiger partial charge in [0.05, 0.1) is 13.2 Å². The summed E-state index contributed by atoms with van der Waals surface area (Å²) < 4.78 is 32.6. The van der Waals surface area contributed by atoms with Crippen molar-refractivity contribution in [2.45, 2.75) is 19.9 Å². The van der Waals surface area contributed by atoms with Gasteiger partial charge in [-0.15, -0.1) is 11.6 Å². The molecule has 0 bridgehead atoms. The summed E-state index contributed by atoms with van der Waals surface area (Å²) in [5, 5.41) is 0. The van der Waals surface area contributed by atoms with Gasteiger partial charge in [-0.05, 0) is 13.8 Å². The van der Waals surface area contributed by atoms with Crippen molar-refractivity contribution < 1.29 is 13.2 Å². The molecule has 16 heavy (non-hydrogen) atoms. The molecule has 0 aromatic rings. The molecule has 0 unspecified atom stereocenters. The molecule has 0 aromatic heterocycles. The topological polar surface area (TPSA) is 49.9 Å². The number of morpholine rings is 1. The van der Waals surface area contributed by atoms with Gasteiger partial charge in [0, 0.05) is 31.6 Å². The van der Waals surface area contributed by atoms with E-state index in [1.54, 1.807) is 0 Å². The molecule has 0 aliphatic carbocycles. The molecule has 1 aliphatic rings. The van der Waals surface area contributed by atoms with Crippen LogP contribution in [0.5, 0.6) is 0 Å². The maximum Gasteiger partial charge on any atom is 0.282 e. The molecular formula is C9H19ClN2O3S. The molecular weight excluding hydrogens is 252 g/mol. The van der Waals surface area contributed by atoms with Crippen molar-refractivity contribution >= 4 is 21.8 Å². The Labute approximate surface area is 102 Å². The molecule has 1 heterocycles. The number of alkyl halides is 1. The van der Waals surface area contributed by atoms with Gasteiger partial charge in [0.1, 0.15) is 0 Å². The summed E-state index contributed by atoms with van der Waals surface area (Å²) in [6, 6.07) is -0.0772. The summed E-state index contributed by atoms with van der Waals surface area (Å²) in [4.78, 5) is 0. The van der Waals surface area contributed by atoms with Gasteiger partial charge in [0.15, 0.2) is 0 Å². The molecule has 0 saturated carbocycles. The quantitative estimate of drug-likeness (QED) is 0.684. The zero-order chi connectivity index (χ0) is 12.2. The minimum atomic E-state index is -3.38.